The van der Waals surface area contributed by atoms with Crippen molar-refractivity contribution in [2.75, 3.05) is 26.2 Å². The van der Waals surface area contributed by atoms with E-state index < -0.39 is 6.09 Å². The quantitative estimate of drug-likeness (QED) is 0.927. The first-order valence-electron chi connectivity index (χ1n) is 8.52. The third kappa shape index (κ3) is 3.43. The van der Waals surface area contributed by atoms with Gasteiger partial charge in [0.05, 0.1) is 0 Å². The number of hydrogen-bond acceptors (Lipinski definition) is 2. The monoisotopic (exact) mass is 302 g/mol. The molecule has 1 amide bonds. The van der Waals surface area contributed by atoms with Gasteiger partial charge < -0.3 is 10.0 Å². The lowest BCUT2D eigenvalue weighted by Gasteiger charge is -2.43. The zero-order valence-corrected chi connectivity index (χ0v) is 13.2. The zero-order chi connectivity index (χ0) is 15.4. The number of rotatable bonds is 3. The summed E-state index contributed by atoms with van der Waals surface area (Å²) in [6, 6.07) is 11.3. The van der Waals surface area contributed by atoms with Crippen LogP contribution in [0, 0.1) is 5.92 Å². The van der Waals surface area contributed by atoms with Crippen LogP contribution in [0.1, 0.15) is 43.7 Å². The van der Waals surface area contributed by atoms with Crippen LogP contribution in [0.2, 0.25) is 0 Å². The Hall–Kier alpha value is -1.55. The Morgan fingerprint density at radius 3 is 2.23 bits per heavy atom. The average molecular weight is 302 g/mol. The average Bonchev–Trinajstić information content (AvgIpc) is 2.57. The van der Waals surface area contributed by atoms with E-state index in [-0.39, 0.29) is 0 Å². The Morgan fingerprint density at radius 1 is 1.00 bits per heavy atom. The zero-order valence-electron chi connectivity index (χ0n) is 13.2. The largest absolute Gasteiger partial charge is 0.465 e. The predicted octanol–water partition coefficient (Wildman–Crippen LogP) is 3.60. The minimum Gasteiger partial charge on any atom is -0.465 e. The number of amides is 1. The molecule has 0 bridgehead atoms. The summed E-state index contributed by atoms with van der Waals surface area (Å²) in [5, 5.41) is 9.14. The van der Waals surface area contributed by atoms with Crippen molar-refractivity contribution < 1.29 is 9.90 Å². The summed E-state index contributed by atoms with van der Waals surface area (Å²) < 4.78 is 0. The molecular weight excluding hydrogens is 276 g/mol. The van der Waals surface area contributed by atoms with E-state index in [1.807, 2.05) is 0 Å². The van der Waals surface area contributed by atoms with Crippen molar-refractivity contribution in [1.29, 1.82) is 0 Å². The molecule has 1 saturated carbocycles. The summed E-state index contributed by atoms with van der Waals surface area (Å²) in [5.41, 5.74) is 1.40. The first-order chi connectivity index (χ1) is 10.8. The van der Waals surface area contributed by atoms with Gasteiger partial charge in [-0.15, -0.1) is 0 Å². The second-order valence-electron chi connectivity index (χ2n) is 6.56. The molecule has 1 aromatic carbocycles. The number of hydrogen-bond donors (Lipinski definition) is 1. The fourth-order valence-corrected chi connectivity index (χ4v) is 4.07. The van der Waals surface area contributed by atoms with Crippen LogP contribution < -0.4 is 0 Å². The van der Waals surface area contributed by atoms with Gasteiger partial charge in [-0.05, 0) is 24.3 Å². The Labute approximate surface area is 132 Å². The van der Waals surface area contributed by atoms with E-state index in [0.717, 1.165) is 13.1 Å². The summed E-state index contributed by atoms with van der Waals surface area (Å²) in [6.07, 6.45) is 5.86. The highest BCUT2D eigenvalue weighted by molar-refractivity contribution is 5.65. The standard InChI is InChI=1S/C18H26N2O2/c21-18(22)20-13-11-19(12-14-20)17(15-7-3-1-4-8-15)16-9-5-2-6-10-16/h1,3-4,7-8,16-17H,2,5-6,9-14H2,(H,21,22). The molecule has 2 fully saturated rings. The molecule has 1 heterocycles. The van der Waals surface area contributed by atoms with Crippen LogP contribution in [0.15, 0.2) is 30.3 Å². The molecule has 0 radical (unpaired) electrons. The van der Waals surface area contributed by atoms with Crippen LogP contribution in [0.4, 0.5) is 4.79 Å². The lowest BCUT2D eigenvalue weighted by molar-refractivity contribution is 0.0563. The van der Waals surface area contributed by atoms with Crippen molar-refractivity contribution in [1.82, 2.24) is 9.80 Å². The molecule has 4 nitrogen and oxygen atoms in total. The first kappa shape index (κ1) is 15.3. The molecule has 1 N–H and O–H groups in total. The fraction of sp³-hybridized carbons (Fsp3) is 0.611. The van der Waals surface area contributed by atoms with Crippen molar-refractivity contribution in [3.63, 3.8) is 0 Å². The van der Waals surface area contributed by atoms with Gasteiger partial charge in [0.25, 0.3) is 0 Å². The molecule has 3 rings (SSSR count). The Kier molecular flexibility index (Phi) is 4.98. The third-order valence-electron chi connectivity index (χ3n) is 5.22. The minimum absolute atomic E-state index is 0.456. The Balaban J connectivity index is 1.75. The van der Waals surface area contributed by atoms with Gasteiger partial charge >= 0.3 is 6.09 Å². The number of carbonyl (C=O) groups is 1. The van der Waals surface area contributed by atoms with Gasteiger partial charge in [-0.1, -0.05) is 49.6 Å². The molecule has 4 heteroatoms. The molecule has 1 saturated heterocycles. The van der Waals surface area contributed by atoms with Gasteiger partial charge in [0, 0.05) is 32.2 Å². The topological polar surface area (TPSA) is 43.8 Å². The van der Waals surface area contributed by atoms with E-state index in [0.29, 0.717) is 25.0 Å². The number of benzene rings is 1. The number of piperazine rings is 1. The molecule has 1 aliphatic heterocycles. The lowest BCUT2D eigenvalue weighted by Crippen LogP contribution is -2.50. The second-order valence-corrected chi connectivity index (χ2v) is 6.56. The number of carboxylic acid groups (broad SMARTS) is 1. The molecular formula is C18H26N2O2. The maximum absolute atomic E-state index is 11.1. The van der Waals surface area contributed by atoms with Crippen LogP contribution in [0.5, 0.6) is 0 Å². The molecule has 1 unspecified atom stereocenters. The van der Waals surface area contributed by atoms with Crippen LogP contribution in [-0.4, -0.2) is 47.2 Å². The summed E-state index contributed by atoms with van der Waals surface area (Å²) in [6.45, 7) is 2.96. The van der Waals surface area contributed by atoms with E-state index in [9.17, 15) is 4.79 Å². The highest BCUT2D eigenvalue weighted by Crippen LogP contribution is 2.38. The second kappa shape index (κ2) is 7.14. The Morgan fingerprint density at radius 2 is 1.64 bits per heavy atom. The van der Waals surface area contributed by atoms with E-state index in [1.165, 1.54) is 37.7 Å². The Bertz CT molecular complexity index is 477. The van der Waals surface area contributed by atoms with E-state index in [1.54, 1.807) is 4.90 Å². The first-order valence-corrected chi connectivity index (χ1v) is 8.52. The summed E-state index contributed by atoms with van der Waals surface area (Å²) in [5.74, 6) is 0.715. The third-order valence-corrected chi connectivity index (χ3v) is 5.22. The predicted molar refractivity (Wildman–Crippen MR) is 86.9 cm³/mol. The van der Waals surface area contributed by atoms with Crippen LogP contribution in [0.3, 0.4) is 0 Å². The smallest absolute Gasteiger partial charge is 0.407 e. The molecule has 0 spiro atoms. The van der Waals surface area contributed by atoms with Gasteiger partial charge in [-0.25, -0.2) is 4.79 Å². The minimum atomic E-state index is -0.784. The highest BCUT2D eigenvalue weighted by Gasteiger charge is 2.32. The van der Waals surface area contributed by atoms with Crippen LogP contribution in [0.25, 0.3) is 0 Å². The van der Waals surface area contributed by atoms with Gasteiger partial charge in [-0.3, -0.25) is 4.90 Å². The lowest BCUT2D eigenvalue weighted by atomic mass is 9.80. The molecule has 2 aliphatic rings. The normalized spacial score (nSPS) is 22.5. The van der Waals surface area contributed by atoms with Crippen molar-refractivity contribution in [3.8, 4) is 0 Å². The summed E-state index contributed by atoms with van der Waals surface area (Å²) in [7, 11) is 0. The van der Waals surface area contributed by atoms with E-state index >= 15 is 0 Å². The molecule has 1 aromatic rings. The van der Waals surface area contributed by atoms with Gasteiger partial charge in [-0.2, -0.15) is 0 Å². The van der Waals surface area contributed by atoms with Crippen LogP contribution in [-0.2, 0) is 0 Å². The van der Waals surface area contributed by atoms with E-state index in [4.69, 9.17) is 5.11 Å². The molecule has 0 aromatic heterocycles. The molecule has 120 valence electrons. The van der Waals surface area contributed by atoms with E-state index in [2.05, 4.69) is 35.2 Å². The number of nitrogens with zero attached hydrogens (tertiary/aromatic N) is 2. The van der Waals surface area contributed by atoms with Crippen molar-refractivity contribution in [2.24, 2.45) is 5.92 Å². The van der Waals surface area contributed by atoms with Gasteiger partial charge in [0.1, 0.15) is 0 Å². The maximum Gasteiger partial charge on any atom is 0.407 e. The summed E-state index contributed by atoms with van der Waals surface area (Å²) in [4.78, 5) is 15.2. The highest BCUT2D eigenvalue weighted by atomic mass is 16.4. The molecule has 22 heavy (non-hydrogen) atoms. The molecule has 1 aliphatic carbocycles. The van der Waals surface area contributed by atoms with Gasteiger partial charge in [0.2, 0.25) is 0 Å². The van der Waals surface area contributed by atoms with Crippen LogP contribution >= 0.6 is 0 Å². The fourth-order valence-electron chi connectivity index (χ4n) is 4.07. The van der Waals surface area contributed by atoms with Crippen molar-refractivity contribution in [3.05, 3.63) is 35.9 Å². The summed E-state index contributed by atoms with van der Waals surface area (Å²) >= 11 is 0. The maximum atomic E-state index is 11.1. The van der Waals surface area contributed by atoms with Crippen molar-refractivity contribution >= 4 is 6.09 Å². The molecule has 1 atom stereocenters. The van der Waals surface area contributed by atoms with Gasteiger partial charge in [0.15, 0.2) is 0 Å². The van der Waals surface area contributed by atoms with Crippen molar-refractivity contribution in [2.45, 2.75) is 38.1 Å². The SMILES string of the molecule is O=C(O)N1CCN(C(c2ccccc2)C2CCCCC2)CC1.